The molecule has 0 fully saturated rings. The molecule has 0 aromatic heterocycles. The molecule has 1 atom stereocenters. The molecule has 4 nitrogen and oxygen atoms in total. The van der Waals surface area contributed by atoms with Crippen LogP contribution in [0.15, 0.2) is 36.4 Å². The summed E-state index contributed by atoms with van der Waals surface area (Å²) in [5, 5.41) is 11.8. The normalized spacial score (nSPS) is 18.3. The molecule has 0 saturated heterocycles. The summed E-state index contributed by atoms with van der Waals surface area (Å²) in [4.78, 5) is 22.8. The van der Waals surface area contributed by atoms with E-state index in [1.165, 1.54) is 12.1 Å². The predicted octanol–water partition coefficient (Wildman–Crippen LogP) is 2.22. The molecule has 1 amide bonds. The molecule has 0 bridgehead atoms. The summed E-state index contributed by atoms with van der Waals surface area (Å²) in [6.07, 6.45) is 6.90. The van der Waals surface area contributed by atoms with E-state index in [0.717, 1.165) is 19.3 Å². The zero-order valence-corrected chi connectivity index (χ0v) is 9.93. The van der Waals surface area contributed by atoms with Gasteiger partial charge in [0.1, 0.15) is 0 Å². The Hall–Kier alpha value is -2.10. The van der Waals surface area contributed by atoms with Gasteiger partial charge in [-0.1, -0.05) is 18.2 Å². The maximum Gasteiger partial charge on any atom is 0.335 e. The fraction of sp³-hybridized carbons (Fsp3) is 0.286. The van der Waals surface area contributed by atoms with Crippen LogP contribution in [0.25, 0.3) is 0 Å². The van der Waals surface area contributed by atoms with Crippen molar-refractivity contribution in [3.63, 3.8) is 0 Å². The molecule has 1 aliphatic rings. The van der Waals surface area contributed by atoms with E-state index < -0.39 is 5.97 Å². The SMILES string of the molecule is O=C(O)c1cccc(C(=O)N[C@H]2CC=CCC2)c1. The number of carbonyl (C=O) groups is 2. The second kappa shape index (κ2) is 5.49. The topological polar surface area (TPSA) is 66.4 Å². The highest BCUT2D eigenvalue weighted by atomic mass is 16.4. The highest BCUT2D eigenvalue weighted by Gasteiger charge is 2.15. The van der Waals surface area contributed by atoms with Crippen LogP contribution >= 0.6 is 0 Å². The maximum absolute atomic E-state index is 12.0. The second-order valence-electron chi connectivity index (χ2n) is 4.34. The monoisotopic (exact) mass is 245 g/mol. The number of carbonyl (C=O) groups excluding carboxylic acids is 1. The van der Waals surface area contributed by atoms with Crippen LogP contribution in [0.4, 0.5) is 0 Å². The van der Waals surface area contributed by atoms with Crippen LogP contribution in [-0.2, 0) is 0 Å². The minimum atomic E-state index is -1.02. The number of hydrogen-bond donors (Lipinski definition) is 2. The van der Waals surface area contributed by atoms with Crippen LogP contribution < -0.4 is 5.32 Å². The summed E-state index contributed by atoms with van der Waals surface area (Å²) in [7, 11) is 0. The first-order valence-electron chi connectivity index (χ1n) is 5.96. The van der Waals surface area contributed by atoms with Crippen molar-refractivity contribution in [3.05, 3.63) is 47.5 Å². The fourth-order valence-corrected chi connectivity index (χ4v) is 1.99. The molecule has 1 aliphatic carbocycles. The molecule has 0 unspecified atom stereocenters. The van der Waals surface area contributed by atoms with Crippen molar-refractivity contribution in [1.82, 2.24) is 5.32 Å². The minimum Gasteiger partial charge on any atom is -0.478 e. The molecule has 1 aromatic rings. The lowest BCUT2D eigenvalue weighted by atomic mass is 10.0. The lowest BCUT2D eigenvalue weighted by molar-refractivity contribution is 0.0697. The Morgan fingerprint density at radius 2 is 2.00 bits per heavy atom. The van der Waals surface area contributed by atoms with Crippen LogP contribution in [0.1, 0.15) is 40.0 Å². The molecular formula is C14H15NO3. The smallest absolute Gasteiger partial charge is 0.335 e. The Bertz CT molecular complexity index is 494. The first-order valence-corrected chi connectivity index (χ1v) is 5.96. The van der Waals surface area contributed by atoms with Crippen LogP contribution in [0, 0.1) is 0 Å². The van der Waals surface area contributed by atoms with Crippen molar-refractivity contribution >= 4 is 11.9 Å². The van der Waals surface area contributed by atoms with Crippen molar-refractivity contribution in [2.75, 3.05) is 0 Å². The average molecular weight is 245 g/mol. The molecule has 0 saturated carbocycles. The number of benzene rings is 1. The Morgan fingerprint density at radius 1 is 1.22 bits per heavy atom. The summed E-state index contributed by atoms with van der Waals surface area (Å²) < 4.78 is 0. The van der Waals surface area contributed by atoms with Gasteiger partial charge in [-0.15, -0.1) is 0 Å². The van der Waals surface area contributed by atoms with E-state index in [-0.39, 0.29) is 17.5 Å². The van der Waals surface area contributed by atoms with E-state index in [2.05, 4.69) is 17.5 Å². The first kappa shape index (κ1) is 12.4. The molecule has 0 radical (unpaired) electrons. The molecule has 1 aromatic carbocycles. The van der Waals surface area contributed by atoms with Crippen molar-refractivity contribution in [1.29, 1.82) is 0 Å². The summed E-state index contributed by atoms with van der Waals surface area (Å²) in [6.45, 7) is 0. The van der Waals surface area contributed by atoms with E-state index in [4.69, 9.17) is 5.11 Å². The van der Waals surface area contributed by atoms with Crippen LogP contribution in [-0.4, -0.2) is 23.0 Å². The third kappa shape index (κ3) is 2.97. The lowest BCUT2D eigenvalue weighted by Crippen LogP contribution is -2.35. The van der Waals surface area contributed by atoms with E-state index in [1.807, 2.05) is 0 Å². The van der Waals surface area contributed by atoms with Crippen LogP contribution in [0.5, 0.6) is 0 Å². The van der Waals surface area contributed by atoms with Crippen molar-refractivity contribution in [2.24, 2.45) is 0 Å². The first-order chi connectivity index (χ1) is 8.66. The van der Waals surface area contributed by atoms with Gasteiger partial charge in [0.05, 0.1) is 5.56 Å². The van der Waals surface area contributed by atoms with E-state index in [1.54, 1.807) is 12.1 Å². The molecule has 18 heavy (non-hydrogen) atoms. The van der Waals surface area contributed by atoms with Gasteiger partial charge < -0.3 is 10.4 Å². The van der Waals surface area contributed by atoms with Crippen LogP contribution in [0.3, 0.4) is 0 Å². The van der Waals surface area contributed by atoms with Gasteiger partial charge in [-0.25, -0.2) is 4.79 Å². The molecular weight excluding hydrogens is 230 g/mol. The van der Waals surface area contributed by atoms with Crippen molar-refractivity contribution in [2.45, 2.75) is 25.3 Å². The second-order valence-corrected chi connectivity index (χ2v) is 4.34. The van der Waals surface area contributed by atoms with Gasteiger partial charge in [0, 0.05) is 11.6 Å². The van der Waals surface area contributed by atoms with Crippen molar-refractivity contribution in [3.8, 4) is 0 Å². The Balaban J connectivity index is 2.06. The van der Waals surface area contributed by atoms with E-state index >= 15 is 0 Å². The van der Waals surface area contributed by atoms with Gasteiger partial charge in [-0.3, -0.25) is 4.79 Å². The van der Waals surface area contributed by atoms with E-state index in [0.29, 0.717) is 5.56 Å². The van der Waals surface area contributed by atoms with Gasteiger partial charge in [-0.05, 0) is 37.5 Å². The Morgan fingerprint density at radius 3 is 2.67 bits per heavy atom. The number of rotatable bonds is 3. The number of hydrogen-bond acceptors (Lipinski definition) is 2. The zero-order chi connectivity index (χ0) is 13.0. The Labute approximate surface area is 105 Å². The predicted molar refractivity (Wildman–Crippen MR) is 67.6 cm³/mol. The maximum atomic E-state index is 12.0. The largest absolute Gasteiger partial charge is 0.478 e. The number of amides is 1. The number of allylic oxidation sites excluding steroid dienone is 1. The van der Waals surface area contributed by atoms with Gasteiger partial charge in [0.15, 0.2) is 0 Å². The summed E-state index contributed by atoms with van der Waals surface area (Å²) in [5.41, 5.74) is 0.524. The molecule has 0 heterocycles. The summed E-state index contributed by atoms with van der Waals surface area (Å²) in [6, 6.07) is 6.23. The molecule has 0 aliphatic heterocycles. The number of nitrogens with one attached hydrogen (secondary N) is 1. The number of carboxylic acids is 1. The minimum absolute atomic E-state index is 0.131. The standard InChI is InChI=1S/C14H15NO3/c16-13(15-12-7-2-1-3-8-12)10-5-4-6-11(9-10)14(17)18/h1-2,4-6,9,12H,3,7-8H2,(H,15,16)(H,17,18)/t12-/m0/s1. The number of aromatic carboxylic acids is 1. The number of carboxylic acid groups (broad SMARTS) is 1. The molecule has 0 spiro atoms. The van der Waals surface area contributed by atoms with Gasteiger partial charge >= 0.3 is 5.97 Å². The highest BCUT2D eigenvalue weighted by molar-refractivity contribution is 5.97. The summed E-state index contributed by atoms with van der Waals surface area (Å²) >= 11 is 0. The van der Waals surface area contributed by atoms with Gasteiger partial charge in [0.2, 0.25) is 0 Å². The molecule has 94 valence electrons. The van der Waals surface area contributed by atoms with Crippen LogP contribution in [0.2, 0.25) is 0 Å². The summed E-state index contributed by atoms with van der Waals surface area (Å²) in [5.74, 6) is -1.23. The third-order valence-electron chi connectivity index (χ3n) is 2.98. The molecule has 4 heteroatoms. The van der Waals surface area contributed by atoms with E-state index in [9.17, 15) is 9.59 Å². The van der Waals surface area contributed by atoms with Crippen molar-refractivity contribution < 1.29 is 14.7 Å². The molecule has 2 rings (SSSR count). The average Bonchev–Trinajstić information content (AvgIpc) is 2.40. The highest BCUT2D eigenvalue weighted by Crippen LogP contribution is 2.12. The molecule has 2 N–H and O–H groups in total. The Kier molecular flexibility index (Phi) is 3.77. The third-order valence-corrected chi connectivity index (χ3v) is 2.98. The zero-order valence-electron chi connectivity index (χ0n) is 9.93. The lowest BCUT2D eigenvalue weighted by Gasteiger charge is -2.19. The quantitative estimate of drug-likeness (QED) is 0.802. The van der Waals surface area contributed by atoms with Gasteiger partial charge in [-0.2, -0.15) is 0 Å². The fourth-order valence-electron chi connectivity index (χ4n) is 1.99. The van der Waals surface area contributed by atoms with Gasteiger partial charge in [0.25, 0.3) is 5.91 Å².